The van der Waals surface area contributed by atoms with Crippen LogP contribution in [0, 0.1) is 0 Å². The Balaban J connectivity index is 1.81. The van der Waals surface area contributed by atoms with Crippen LogP contribution in [0.15, 0.2) is 42.6 Å². The minimum atomic E-state index is -0.321. The number of nitrogens with one attached hydrogen (secondary N) is 1. The summed E-state index contributed by atoms with van der Waals surface area (Å²) in [7, 11) is 1.39. The van der Waals surface area contributed by atoms with Gasteiger partial charge in [-0.2, -0.15) is 0 Å². The topological polar surface area (TPSA) is 51.2 Å². The van der Waals surface area contributed by atoms with Gasteiger partial charge in [-0.1, -0.05) is 12.1 Å². The van der Waals surface area contributed by atoms with E-state index >= 15 is 0 Å². The first-order valence-corrected chi connectivity index (χ1v) is 6.66. The van der Waals surface area contributed by atoms with Crippen molar-refractivity contribution in [3.63, 3.8) is 0 Å². The summed E-state index contributed by atoms with van der Waals surface area (Å²) in [5.74, 6) is -0.321. The van der Waals surface area contributed by atoms with Crippen LogP contribution in [-0.2, 0) is 11.2 Å². The van der Waals surface area contributed by atoms with Gasteiger partial charge in [-0.25, -0.2) is 4.79 Å². The Morgan fingerprint density at radius 1 is 1.35 bits per heavy atom. The molecule has 0 spiro atoms. The summed E-state index contributed by atoms with van der Waals surface area (Å²) < 4.78 is 4.74. The highest BCUT2D eigenvalue weighted by atomic mass is 16.5. The van der Waals surface area contributed by atoms with Gasteiger partial charge in [-0.15, -0.1) is 0 Å². The standard InChI is InChI=1S/C16H16N2O2/c1-20-16(19)12-4-2-6-13(10-12)18-14-8-7-11-5-3-9-17-15(11)14/h2-6,9-10,14,18H,7-8H2,1H3. The predicted molar refractivity (Wildman–Crippen MR) is 76.7 cm³/mol. The van der Waals surface area contributed by atoms with E-state index in [-0.39, 0.29) is 12.0 Å². The fraction of sp³-hybridized carbons (Fsp3) is 0.250. The molecule has 102 valence electrons. The maximum atomic E-state index is 11.5. The van der Waals surface area contributed by atoms with Crippen LogP contribution >= 0.6 is 0 Å². The average molecular weight is 268 g/mol. The molecule has 0 saturated carbocycles. The molecule has 1 aromatic heterocycles. The van der Waals surface area contributed by atoms with Gasteiger partial charge in [0.15, 0.2) is 0 Å². The summed E-state index contributed by atoms with van der Waals surface area (Å²) in [5, 5.41) is 3.45. The van der Waals surface area contributed by atoms with E-state index in [9.17, 15) is 4.79 Å². The van der Waals surface area contributed by atoms with Crippen molar-refractivity contribution >= 4 is 11.7 Å². The highest BCUT2D eigenvalue weighted by Crippen LogP contribution is 2.32. The summed E-state index contributed by atoms with van der Waals surface area (Å²) in [6, 6.07) is 11.7. The largest absolute Gasteiger partial charge is 0.465 e. The van der Waals surface area contributed by atoms with Crippen LogP contribution in [-0.4, -0.2) is 18.1 Å². The Bertz CT molecular complexity index is 640. The number of carbonyl (C=O) groups is 1. The van der Waals surface area contributed by atoms with Crippen molar-refractivity contribution in [3.05, 3.63) is 59.4 Å². The molecule has 0 radical (unpaired) electrons. The molecule has 1 aliphatic carbocycles. The molecule has 1 aliphatic rings. The lowest BCUT2D eigenvalue weighted by molar-refractivity contribution is 0.0601. The summed E-state index contributed by atoms with van der Waals surface area (Å²) in [6.07, 6.45) is 3.88. The van der Waals surface area contributed by atoms with Crippen LogP contribution in [0.3, 0.4) is 0 Å². The number of hydrogen-bond acceptors (Lipinski definition) is 4. The number of anilines is 1. The summed E-state index contributed by atoms with van der Waals surface area (Å²) >= 11 is 0. The molecule has 0 saturated heterocycles. The van der Waals surface area contributed by atoms with Crippen molar-refractivity contribution in [2.24, 2.45) is 0 Å². The quantitative estimate of drug-likeness (QED) is 0.869. The van der Waals surface area contributed by atoms with Crippen LogP contribution in [0.25, 0.3) is 0 Å². The predicted octanol–water partition coefficient (Wildman–Crippen LogP) is 2.97. The zero-order valence-corrected chi connectivity index (χ0v) is 11.3. The lowest BCUT2D eigenvalue weighted by atomic mass is 10.1. The molecule has 3 rings (SSSR count). The fourth-order valence-corrected chi connectivity index (χ4v) is 2.61. The second-order valence-corrected chi connectivity index (χ2v) is 4.86. The van der Waals surface area contributed by atoms with Gasteiger partial charge in [0.25, 0.3) is 0 Å². The number of aromatic nitrogens is 1. The van der Waals surface area contributed by atoms with Crippen LogP contribution in [0.1, 0.15) is 34.1 Å². The monoisotopic (exact) mass is 268 g/mol. The Morgan fingerprint density at radius 3 is 3.10 bits per heavy atom. The zero-order chi connectivity index (χ0) is 13.9. The number of nitrogens with zero attached hydrogens (tertiary/aromatic N) is 1. The van der Waals surface area contributed by atoms with Gasteiger partial charge in [0.2, 0.25) is 0 Å². The lowest BCUT2D eigenvalue weighted by Crippen LogP contribution is -2.09. The van der Waals surface area contributed by atoms with Crippen molar-refractivity contribution in [2.45, 2.75) is 18.9 Å². The van der Waals surface area contributed by atoms with Gasteiger partial charge >= 0.3 is 5.97 Å². The van der Waals surface area contributed by atoms with Crippen molar-refractivity contribution < 1.29 is 9.53 Å². The third-order valence-corrected chi connectivity index (χ3v) is 3.58. The zero-order valence-electron chi connectivity index (χ0n) is 11.3. The van der Waals surface area contributed by atoms with Crippen LogP contribution < -0.4 is 5.32 Å². The molecule has 0 fully saturated rings. The normalized spacial score (nSPS) is 16.6. The SMILES string of the molecule is COC(=O)c1cccc(NC2CCc3cccnc32)c1. The highest BCUT2D eigenvalue weighted by Gasteiger charge is 2.23. The van der Waals surface area contributed by atoms with Crippen molar-refractivity contribution in [1.82, 2.24) is 4.98 Å². The number of rotatable bonds is 3. The molecule has 0 aliphatic heterocycles. The van der Waals surface area contributed by atoms with Gasteiger partial charge < -0.3 is 10.1 Å². The number of benzene rings is 1. The van der Waals surface area contributed by atoms with Crippen molar-refractivity contribution in [3.8, 4) is 0 Å². The number of fused-ring (bicyclic) bond motifs is 1. The van der Waals surface area contributed by atoms with Crippen LogP contribution in [0.4, 0.5) is 5.69 Å². The number of aryl methyl sites for hydroxylation is 1. The van der Waals surface area contributed by atoms with Crippen molar-refractivity contribution in [1.29, 1.82) is 0 Å². The van der Waals surface area contributed by atoms with E-state index in [1.807, 2.05) is 30.5 Å². The first-order valence-electron chi connectivity index (χ1n) is 6.66. The van der Waals surface area contributed by atoms with Gasteiger partial charge in [0, 0.05) is 11.9 Å². The molecule has 1 N–H and O–H groups in total. The molecule has 1 unspecified atom stereocenters. The van der Waals surface area contributed by atoms with Gasteiger partial charge in [0.05, 0.1) is 24.4 Å². The third kappa shape index (κ3) is 2.37. The van der Waals surface area contributed by atoms with E-state index in [2.05, 4.69) is 16.4 Å². The molecule has 1 aromatic carbocycles. The minimum absolute atomic E-state index is 0.207. The van der Waals surface area contributed by atoms with E-state index in [1.165, 1.54) is 12.7 Å². The molecule has 4 nitrogen and oxygen atoms in total. The third-order valence-electron chi connectivity index (χ3n) is 3.58. The Labute approximate surface area is 117 Å². The van der Waals surface area contributed by atoms with E-state index < -0.39 is 0 Å². The maximum absolute atomic E-state index is 11.5. The van der Waals surface area contributed by atoms with E-state index in [0.29, 0.717) is 5.56 Å². The Kier molecular flexibility index (Phi) is 3.37. The minimum Gasteiger partial charge on any atom is -0.465 e. The molecular weight excluding hydrogens is 252 g/mol. The first kappa shape index (κ1) is 12.7. The highest BCUT2D eigenvalue weighted by molar-refractivity contribution is 5.90. The molecule has 1 heterocycles. The molecule has 20 heavy (non-hydrogen) atoms. The number of hydrogen-bond donors (Lipinski definition) is 1. The Hall–Kier alpha value is -2.36. The molecule has 2 aromatic rings. The Morgan fingerprint density at radius 2 is 2.25 bits per heavy atom. The smallest absolute Gasteiger partial charge is 0.337 e. The van der Waals surface area contributed by atoms with Crippen LogP contribution in [0.5, 0.6) is 0 Å². The van der Waals surface area contributed by atoms with E-state index in [0.717, 1.165) is 24.2 Å². The fourth-order valence-electron chi connectivity index (χ4n) is 2.61. The summed E-state index contributed by atoms with van der Waals surface area (Å²) in [4.78, 5) is 16.0. The van der Waals surface area contributed by atoms with Crippen LogP contribution in [0.2, 0.25) is 0 Å². The number of pyridine rings is 1. The van der Waals surface area contributed by atoms with E-state index in [1.54, 1.807) is 6.07 Å². The van der Waals surface area contributed by atoms with E-state index in [4.69, 9.17) is 4.74 Å². The second kappa shape index (κ2) is 5.33. The summed E-state index contributed by atoms with van der Waals surface area (Å²) in [6.45, 7) is 0. The molecule has 0 bridgehead atoms. The van der Waals surface area contributed by atoms with Gasteiger partial charge in [-0.05, 0) is 42.7 Å². The molecule has 4 heteroatoms. The lowest BCUT2D eigenvalue weighted by Gasteiger charge is -2.15. The average Bonchev–Trinajstić information content (AvgIpc) is 2.90. The van der Waals surface area contributed by atoms with Crippen molar-refractivity contribution in [2.75, 3.05) is 12.4 Å². The number of ether oxygens (including phenoxy) is 1. The number of carbonyl (C=O) groups excluding carboxylic acids is 1. The molecule has 0 amide bonds. The number of methoxy groups -OCH3 is 1. The second-order valence-electron chi connectivity index (χ2n) is 4.86. The first-order chi connectivity index (χ1) is 9.78. The maximum Gasteiger partial charge on any atom is 0.337 e. The van der Waals surface area contributed by atoms with Gasteiger partial charge in [-0.3, -0.25) is 4.98 Å². The summed E-state index contributed by atoms with van der Waals surface area (Å²) in [5.41, 5.74) is 3.87. The number of esters is 1. The molecular formula is C16H16N2O2. The molecule has 1 atom stereocenters. The van der Waals surface area contributed by atoms with Gasteiger partial charge in [0.1, 0.15) is 0 Å².